The summed E-state index contributed by atoms with van der Waals surface area (Å²) in [4.78, 5) is 9.87. The molecule has 0 unspecified atom stereocenters. The summed E-state index contributed by atoms with van der Waals surface area (Å²) in [6.45, 7) is 1.24. The van der Waals surface area contributed by atoms with Gasteiger partial charge >= 0.3 is 0 Å². The molecule has 1 aliphatic rings. The smallest absolute Gasteiger partial charge is 0.231 e. The second-order valence-corrected chi connectivity index (χ2v) is 4.70. The molecule has 82 valence electrons. The van der Waals surface area contributed by atoms with Gasteiger partial charge in [-0.25, -0.2) is 0 Å². The van der Waals surface area contributed by atoms with Crippen LogP contribution in [0.1, 0.15) is 45.4 Å². The molecule has 0 bridgehead atoms. The minimum absolute atomic E-state index is 0.330. The molecule has 4 heteroatoms. The molecule has 0 aromatic rings. The average Bonchev–Trinajstić information content (AvgIpc) is 2.02. The predicted octanol–water partition coefficient (Wildman–Crippen LogP) is 1.98. The average molecular weight is 201 g/mol. The van der Waals surface area contributed by atoms with Crippen molar-refractivity contribution < 1.29 is 10.0 Å². The van der Waals surface area contributed by atoms with E-state index in [0.29, 0.717) is 12.3 Å². The summed E-state index contributed by atoms with van der Waals surface area (Å²) in [6, 6.07) is 0. The molecule has 0 spiro atoms. The van der Waals surface area contributed by atoms with E-state index in [0.717, 1.165) is 12.8 Å². The van der Waals surface area contributed by atoms with E-state index in [-0.39, 0.29) is 6.54 Å². The Balaban J connectivity index is 2.36. The summed E-state index contributed by atoms with van der Waals surface area (Å²) >= 11 is 0. The third kappa shape index (κ3) is 4.05. The van der Waals surface area contributed by atoms with Crippen molar-refractivity contribution in [3.63, 3.8) is 0 Å². The second-order valence-electron chi connectivity index (χ2n) is 4.70. The van der Waals surface area contributed by atoms with Crippen molar-refractivity contribution in [3.8, 4) is 0 Å². The number of hydrogen-bond acceptors (Lipinski definition) is 3. The van der Waals surface area contributed by atoms with Crippen LogP contribution in [-0.2, 0) is 0 Å². The van der Waals surface area contributed by atoms with E-state index in [1.165, 1.54) is 19.3 Å². The summed E-state index contributed by atoms with van der Waals surface area (Å²) < 4.78 is 0. The Morgan fingerprint density at radius 2 is 2.00 bits per heavy atom. The molecule has 1 rings (SSSR count). The lowest BCUT2D eigenvalue weighted by Crippen LogP contribution is -2.36. The molecular formula is C10H19NO3. The maximum atomic E-state index is 10.3. The van der Waals surface area contributed by atoms with Gasteiger partial charge in [-0.3, -0.25) is 10.1 Å². The van der Waals surface area contributed by atoms with Crippen molar-refractivity contribution in [3.05, 3.63) is 10.1 Å². The molecule has 0 aromatic heterocycles. The highest BCUT2D eigenvalue weighted by molar-refractivity contribution is 4.78. The minimum Gasteiger partial charge on any atom is -0.383 e. The minimum atomic E-state index is -1.12. The zero-order valence-corrected chi connectivity index (χ0v) is 8.74. The molecule has 1 aliphatic carbocycles. The summed E-state index contributed by atoms with van der Waals surface area (Å²) in [5.74, 6) is 0.485. The molecule has 4 nitrogen and oxygen atoms in total. The lowest BCUT2D eigenvalue weighted by Gasteiger charge is -2.27. The van der Waals surface area contributed by atoms with Crippen LogP contribution in [0.5, 0.6) is 0 Å². The fraction of sp³-hybridized carbons (Fsp3) is 1.00. The van der Waals surface area contributed by atoms with Gasteiger partial charge in [-0.1, -0.05) is 32.1 Å². The zero-order chi connectivity index (χ0) is 10.6. The molecule has 14 heavy (non-hydrogen) atoms. The molecule has 0 aromatic carbocycles. The van der Waals surface area contributed by atoms with E-state index in [9.17, 15) is 15.2 Å². The lowest BCUT2D eigenvalue weighted by molar-refractivity contribution is -0.500. The zero-order valence-electron chi connectivity index (χ0n) is 8.74. The predicted molar refractivity (Wildman–Crippen MR) is 53.7 cm³/mol. The summed E-state index contributed by atoms with van der Waals surface area (Å²) in [5.41, 5.74) is -1.12. The Morgan fingerprint density at radius 3 is 2.50 bits per heavy atom. The first kappa shape index (κ1) is 11.4. The molecule has 0 amide bonds. The molecule has 0 heterocycles. The number of nitro groups is 1. The van der Waals surface area contributed by atoms with E-state index in [2.05, 4.69) is 0 Å². The normalized spacial score (nSPS) is 23.0. The monoisotopic (exact) mass is 201 g/mol. The number of hydrogen-bond donors (Lipinski definition) is 1. The van der Waals surface area contributed by atoms with Gasteiger partial charge in [-0.15, -0.1) is 0 Å². The first-order chi connectivity index (χ1) is 6.49. The highest BCUT2D eigenvalue weighted by Gasteiger charge is 2.31. The summed E-state index contributed by atoms with van der Waals surface area (Å²) in [5, 5.41) is 20.1. The van der Waals surface area contributed by atoms with Crippen LogP contribution < -0.4 is 0 Å². The molecule has 1 fully saturated rings. The fourth-order valence-corrected chi connectivity index (χ4v) is 2.36. The van der Waals surface area contributed by atoms with Crippen LogP contribution in [0.25, 0.3) is 0 Å². The van der Waals surface area contributed by atoms with Gasteiger partial charge in [0.25, 0.3) is 0 Å². The fourth-order valence-electron chi connectivity index (χ4n) is 2.36. The van der Waals surface area contributed by atoms with E-state index < -0.39 is 10.5 Å². The highest BCUT2D eigenvalue weighted by atomic mass is 16.6. The largest absolute Gasteiger partial charge is 0.383 e. The van der Waals surface area contributed by atoms with Crippen molar-refractivity contribution in [2.75, 3.05) is 6.54 Å². The quantitative estimate of drug-likeness (QED) is 0.558. The standard InChI is InChI=1S/C10H19NO3/c1-10(12,8-11(13)14)7-9-5-3-2-4-6-9/h9,12H,2-8H2,1H3/t10-/m0/s1. The van der Waals surface area contributed by atoms with Gasteiger partial charge in [-0.05, 0) is 19.3 Å². The maximum Gasteiger partial charge on any atom is 0.231 e. The maximum absolute atomic E-state index is 10.3. The van der Waals surface area contributed by atoms with Gasteiger partial charge in [0.05, 0.1) is 0 Å². The van der Waals surface area contributed by atoms with Gasteiger partial charge < -0.3 is 5.11 Å². The molecule has 1 N–H and O–H groups in total. The van der Waals surface area contributed by atoms with E-state index in [1.54, 1.807) is 6.92 Å². The molecule has 1 atom stereocenters. The van der Waals surface area contributed by atoms with Gasteiger partial charge in [-0.2, -0.15) is 0 Å². The Morgan fingerprint density at radius 1 is 1.43 bits per heavy atom. The highest BCUT2D eigenvalue weighted by Crippen LogP contribution is 2.30. The number of aliphatic hydroxyl groups is 1. The third-order valence-electron chi connectivity index (χ3n) is 2.92. The summed E-state index contributed by atoms with van der Waals surface area (Å²) in [6.07, 6.45) is 6.50. The van der Waals surface area contributed by atoms with Crippen LogP contribution in [0.4, 0.5) is 0 Å². The van der Waals surface area contributed by atoms with Crippen molar-refractivity contribution in [1.29, 1.82) is 0 Å². The lowest BCUT2D eigenvalue weighted by atomic mass is 9.81. The van der Waals surface area contributed by atoms with Crippen molar-refractivity contribution >= 4 is 0 Å². The number of nitrogens with zero attached hydrogens (tertiary/aromatic N) is 1. The number of rotatable bonds is 4. The molecule has 1 saturated carbocycles. The van der Waals surface area contributed by atoms with Gasteiger partial charge in [0.15, 0.2) is 0 Å². The first-order valence-corrected chi connectivity index (χ1v) is 5.34. The van der Waals surface area contributed by atoms with E-state index >= 15 is 0 Å². The van der Waals surface area contributed by atoms with Crippen LogP contribution in [0.15, 0.2) is 0 Å². The first-order valence-electron chi connectivity index (χ1n) is 5.34. The second kappa shape index (κ2) is 4.73. The Kier molecular flexibility index (Phi) is 3.86. The van der Waals surface area contributed by atoms with Crippen LogP contribution >= 0.6 is 0 Å². The molecule has 0 saturated heterocycles. The third-order valence-corrected chi connectivity index (χ3v) is 2.92. The van der Waals surface area contributed by atoms with E-state index in [4.69, 9.17) is 0 Å². The van der Waals surface area contributed by atoms with Gasteiger partial charge in [0, 0.05) is 4.92 Å². The van der Waals surface area contributed by atoms with Crippen LogP contribution in [0.2, 0.25) is 0 Å². The van der Waals surface area contributed by atoms with Crippen LogP contribution in [0, 0.1) is 16.0 Å². The van der Waals surface area contributed by atoms with Crippen LogP contribution in [-0.4, -0.2) is 22.2 Å². The Labute approximate surface area is 84.5 Å². The van der Waals surface area contributed by atoms with E-state index in [1.807, 2.05) is 0 Å². The SMILES string of the molecule is C[C@](O)(CC1CCCCC1)C[N+](=O)[O-]. The molecule has 0 radical (unpaired) electrons. The molecule has 0 aliphatic heterocycles. The topological polar surface area (TPSA) is 63.4 Å². The van der Waals surface area contributed by atoms with Gasteiger partial charge in [0.2, 0.25) is 6.54 Å². The van der Waals surface area contributed by atoms with Gasteiger partial charge in [0.1, 0.15) is 5.60 Å². The molecular weight excluding hydrogens is 182 g/mol. The van der Waals surface area contributed by atoms with Crippen molar-refractivity contribution in [2.24, 2.45) is 5.92 Å². The van der Waals surface area contributed by atoms with Crippen molar-refractivity contribution in [1.82, 2.24) is 0 Å². The Bertz CT molecular complexity index is 198. The summed E-state index contributed by atoms with van der Waals surface area (Å²) in [7, 11) is 0. The Hall–Kier alpha value is -0.640. The van der Waals surface area contributed by atoms with Crippen LogP contribution in [0.3, 0.4) is 0 Å². The van der Waals surface area contributed by atoms with Crippen molar-refractivity contribution in [2.45, 2.75) is 51.0 Å².